The van der Waals surface area contributed by atoms with Crippen molar-refractivity contribution in [1.82, 2.24) is 24.0 Å². The van der Waals surface area contributed by atoms with Gasteiger partial charge in [-0.05, 0) is 6.92 Å². The quantitative estimate of drug-likeness (QED) is 0.733. The molecular weight excluding hydrogens is 359 g/mol. The predicted molar refractivity (Wildman–Crippen MR) is 84.7 cm³/mol. The molecular formula is C14H18F3N5O4. The van der Waals surface area contributed by atoms with Crippen LogP contribution in [0.3, 0.4) is 0 Å². The molecule has 0 saturated carbocycles. The summed E-state index contributed by atoms with van der Waals surface area (Å²) in [4.78, 5) is 40.7. The van der Waals surface area contributed by atoms with Crippen LogP contribution in [-0.2, 0) is 30.2 Å². The topological polar surface area (TPSA) is 100 Å². The smallest absolute Gasteiger partial charge is 0.370 e. The van der Waals surface area contributed by atoms with E-state index in [4.69, 9.17) is 0 Å². The van der Waals surface area contributed by atoms with Gasteiger partial charge in [0.1, 0.15) is 13.2 Å². The van der Waals surface area contributed by atoms with E-state index < -0.39 is 42.5 Å². The summed E-state index contributed by atoms with van der Waals surface area (Å²) in [7, 11) is 2.99. The van der Waals surface area contributed by atoms with Gasteiger partial charge >= 0.3 is 11.9 Å². The number of hydrogen-bond donors (Lipinski definition) is 1. The van der Waals surface area contributed by atoms with Crippen LogP contribution in [0.4, 0.5) is 13.2 Å². The highest BCUT2D eigenvalue weighted by molar-refractivity contribution is 5.76. The van der Waals surface area contributed by atoms with Crippen molar-refractivity contribution in [2.45, 2.75) is 25.7 Å². The largest absolute Gasteiger partial charge is 0.411 e. The molecule has 26 heavy (non-hydrogen) atoms. The van der Waals surface area contributed by atoms with Crippen LogP contribution in [0.1, 0.15) is 6.92 Å². The molecule has 1 atom stereocenters. The average molecular weight is 377 g/mol. The van der Waals surface area contributed by atoms with Crippen LogP contribution in [0.25, 0.3) is 11.2 Å². The molecule has 144 valence electrons. The van der Waals surface area contributed by atoms with E-state index in [1.165, 1.54) is 24.9 Å². The molecule has 0 aliphatic heterocycles. The van der Waals surface area contributed by atoms with E-state index in [-0.39, 0.29) is 17.8 Å². The lowest BCUT2D eigenvalue weighted by molar-refractivity contribution is -0.175. The number of amides is 1. The number of carbonyl (C=O) groups excluding carboxylic acids is 1. The van der Waals surface area contributed by atoms with Gasteiger partial charge in [0.2, 0.25) is 5.91 Å². The Morgan fingerprint density at radius 2 is 2.00 bits per heavy atom. The first-order valence-electron chi connectivity index (χ1n) is 7.56. The third-order valence-corrected chi connectivity index (χ3v) is 3.54. The van der Waals surface area contributed by atoms with E-state index in [1.807, 2.05) is 0 Å². The van der Waals surface area contributed by atoms with E-state index in [1.54, 1.807) is 7.05 Å². The lowest BCUT2D eigenvalue weighted by Crippen LogP contribution is -2.45. The number of aryl methyl sites for hydroxylation is 2. The highest BCUT2D eigenvalue weighted by atomic mass is 19.4. The fourth-order valence-corrected chi connectivity index (χ4v) is 2.39. The Morgan fingerprint density at radius 3 is 2.62 bits per heavy atom. The van der Waals surface area contributed by atoms with Crippen molar-refractivity contribution >= 4 is 17.1 Å². The summed E-state index contributed by atoms with van der Waals surface area (Å²) >= 11 is 0. The molecule has 0 bridgehead atoms. The number of rotatable bonds is 6. The number of aromatic nitrogens is 4. The van der Waals surface area contributed by atoms with Crippen molar-refractivity contribution in [3.8, 4) is 0 Å². The minimum absolute atomic E-state index is 0.154. The number of halogens is 3. The molecule has 2 aromatic heterocycles. The van der Waals surface area contributed by atoms with E-state index in [9.17, 15) is 27.6 Å². The number of carbonyl (C=O) groups is 1. The van der Waals surface area contributed by atoms with Crippen LogP contribution < -0.4 is 16.6 Å². The molecule has 2 heterocycles. The molecule has 9 nitrogen and oxygen atoms in total. The van der Waals surface area contributed by atoms with Gasteiger partial charge in [0.05, 0.1) is 12.9 Å². The van der Waals surface area contributed by atoms with Crippen molar-refractivity contribution in [1.29, 1.82) is 0 Å². The average Bonchev–Trinajstić information content (AvgIpc) is 2.90. The monoisotopic (exact) mass is 377 g/mol. The molecule has 0 aromatic carbocycles. The molecule has 0 aliphatic carbocycles. The van der Waals surface area contributed by atoms with Crippen LogP contribution in [-0.4, -0.2) is 50.0 Å². The second-order valence-electron chi connectivity index (χ2n) is 5.86. The zero-order valence-electron chi connectivity index (χ0n) is 14.3. The molecule has 1 amide bonds. The molecule has 0 spiro atoms. The minimum Gasteiger partial charge on any atom is -0.370 e. The number of nitrogens with one attached hydrogen (secondary N) is 1. The summed E-state index contributed by atoms with van der Waals surface area (Å²) in [5.74, 6) is -0.700. The standard InChI is InChI=1S/C14H18F3N5O4/c1-8(5-26-6-14(15,16)17)19-9(23)4-22-12(24)10-11(18-7-20(10)2)21(3)13(22)25/h7-8H,4-6H2,1-3H3,(H,19,23). The van der Waals surface area contributed by atoms with Gasteiger partial charge in [-0.3, -0.25) is 14.2 Å². The van der Waals surface area contributed by atoms with Crippen LogP contribution in [0.15, 0.2) is 15.9 Å². The van der Waals surface area contributed by atoms with Crippen LogP contribution >= 0.6 is 0 Å². The van der Waals surface area contributed by atoms with Gasteiger partial charge in [0, 0.05) is 20.1 Å². The second kappa shape index (κ2) is 7.32. The lowest BCUT2D eigenvalue weighted by atomic mass is 10.3. The lowest BCUT2D eigenvalue weighted by Gasteiger charge is -2.15. The van der Waals surface area contributed by atoms with Gasteiger partial charge in [0.15, 0.2) is 11.2 Å². The Kier molecular flexibility index (Phi) is 5.54. The van der Waals surface area contributed by atoms with E-state index >= 15 is 0 Å². The van der Waals surface area contributed by atoms with Crippen molar-refractivity contribution in [2.24, 2.45) is 14.1 Å². The maximum absolute atomic E-state index is 12.4. The van der Waals surface area contributed by atoms with Crippen LogP contribution in [0, 0.1) is 0 Å². The summed E-state index contributed by atoms with van der Waals surface area (Å²) in [5, 5.41) is 2.38. The molecule has 0 aliphatic rings. The Morgan fingerprint density at radius 1 is 1.35 bits per heavy atom. The first-order valence-corrected chi connectivity index (χ1v) is 7.56. The van der Waals surface area contributed by atoms with Gasteiger partial charge in [-0.2, -0.15) is 13.2 Å². The number of ether oxygens (including phenoxy) is 1. The summed E-state index contributed by atoms with van der Waals surface area (Å²) in [6.45, 7) is -0.918. The van der Waals surface area contributed by atoms with Crippen molar-refractivity contribution < 1.29 is 22.7 Å². The molecule has 0 saturated heterocycles. The third kappa shape index (κ3) is 4.31. The molecule has 12 heteroatoms. The Hall–Kier alpha value is -2.63. The Labute approximate surface area is 145 Å². The van der Waals surface area contributed by atoms with Gasteiger partial charge in [-0.1, -0.05) is 0 Å². The van der Waals surface area contributed by atoms with Crippen molar-refractivity contribution in [2.75, 3.05) is 13.2 Å². The van der Waals surface area contributed by atoms with Crippen LogP contribution in [0.5, 0.6) is 0 Å². The van der Waals surface area contributed by atoms with E-state index in [0.717, 1.165) is 9.13 Å². The fraction of sp³-hybridized carbons (Fsp3) is 0.571. The van der Waals surface area contributed by atoms with Gasteiger partial charge in [-0.25, -0.2) is 14.3 Å². The zero-order valence-corrected chi connectivity index (χ0v) is 14.3. The molecule has 0 fully saturated rings. The maximum Gasteiger partial charge on any atom is 0.411 e. The molecule has 2 aromatic rings. The van der Waals surface area contributed by atoms with Crippen LogP contribution in [0.2, 0.25) is 0 Å². The number of imidazole rings is 1. The first kappa shape index (κ1) is 19.7. The summed E-state index contributed by atoms with van der Waals surface area (Å²) in [5.41, 5.74) is -1.06. The molecule has 1 unspecified atom stereocenters. The summed E-state index contributed by atoms with van der Waals surface area (Å²) in [6.07, 6.45) is -3.09. The normalized spacial score (nSPS) is 13.2. The molecule has 2 rings (SSSR count). The van der Waals surface area contributed by atoms with Gasteiger partial charge < -0.3 is 14.6 Å². The van der Waals surface area contributed by atoms with E-state index in [2.05, 4.69) is 15.0 Å². The number of hydrogen-bond acceptors (Lipinski definition) is 5. The second-order valence-corrected chi connectivity index (χ2v) is 5.86. The van der Waals surface area contributed by atoms with Crippen molar-refractivity contribution in [3.05, 3.63) is 27.2 Å². The SMILES string of the molecule is CC(COCC(F)(F)F)NC(=O)Cn1c(=O)c2c(ncn2C)n(C)c1=O. The van der Waals surface area contributed by atoms with Gasteiger partial charge in [0.25, 0.3) is 5.56 Å². The molecule has 0 radical (unpaired) electrons. The zero-order chi connectivity index (χ0) is 19.6. The molecule has 1 N–H and O–H groups in total. The number of alkyl halides is 3. The predicted octanol–water partition coefficient (Wildman–Crippen LogP) is -0.483. The summed E-state index contributed by atoms with van der Waals surface area (Å²) < 4.78 is 43.8. The third-order valence-electron chi connectivity index (χ3n) is 3.54. The highest BCUT2D eigenvalue weighted by Gasteiger charge is 2.27. The van der Waals surface area contributed by atoms with E-state index in [0.29, 0.717) is 0 Å². The fourth-order valence-electron chi connectivity index (χ4n) is 2.39. The highest BCUT2D eigenvalue weighted by Crippen LogP contribution is 2.14. The Balaban J connectivity index is 2.11. The Bertz CT molecular complexity index is 928. The first-order chi connectivity index (χ1) is 12.0. The van der Waals surface area contributed by atoms with Gasteiger partial charge in [-0.15, -0.1) is 0 Å². The summed E-state index contributed by atoms with van der Waals surface area (Å²) in [6, 6.07) is -0.732. The minimum atomic E-state index is -4.46. The number of fused-ring (bicyclic) bond motifs is 1. The number of nitrogens with zero attached hydrogens (tertiary/aromatic N) is 4. The maximum atomic E-state index is 12.4. The van der Waals surface area contributed by atoms with Crippen molar-refractivity contribution in [3.63, 3.8) is 0 Å².